The summed E-state index contributed by atoms with van der Waals surface area (Å²) in [4.78, 5) is 38.1. The first-order chi connectivity index (χ1) is 13.6. The molecule has 1 aliphatic carbocycles. The van der Waals surface area contributed by atoms with Crippen molar-refractivity contribution < 1.29 is 14.4 Å². The second-order valence-corrected chi connectivity index (χ2v) is 8.19. The summed E-state index contributed by atoms with van der Waals surface area (Å²) in [6.07, 6.45) is 5.34. The zero-order valence-corrected chi connectivity index (χ0v) is 16.1. The molecule has 28 heavy (non-hydrogen) atoms. The van der Waals surface area contributed by atoms with Gasteiger partial charge < -0.3 is 16.0 Å². The van der Waals surface area contributed by atoms with E-state index in [1.807, 2.05) is 12.1 Å². The predicted octanol–water partition coefficient (Wildman–Crippen LogP) is 1.05. The van der Waals surface area contributed by atoms with Gasteiger partial charge in [0.2, 0.25) is 11.8 Å². The summed E-state index contributed by atoms with van der Waals surface area (Å²) in [5.41, 5.74) is 8.62. The third kappa shape index (κ3) is 3.69. The number of carbonyl (C=O) groups is 3. The molecule has 7 nitrogen and oxygen atoms in total. The quantitative estimate of drug-likeness (QED) is 0.659. The zero-order chi connectivity index (χ0) is 19.7. The smallest absolute Gasteiger partial charge is 0.255 e. The summed E-state index contributed by atoms with van der Waals surface area (Å²) in [6.45, 7) is 1.88. The van der Waals surface area contributed by atoms with Crippen molar-refractivity contribution in [3.8, 4) is 0 Å². The van der Waals surface area contributed by atoms with Gasteiger partial charge in [0.1, 0.15) is 6.04 Å². The van der Waals surface area contributed by atoms with Crippen LogP contribution in [-0.4, -0.2) is 41.2 Å². The van der Waals surface area contributed by atoms with Gasteiger partial charge in [-0.15, -0.1) is 0 Å². The molecule has 7 heteroatoms. The molecule has 4 N–H and O–H groups in total. The van der Waals surface area contributed by atoms with Crippen LogP contribution in [0.2, 0.25) is 0 Å². The lowest BCUT2D eigenvalue weighted by Gasteiger charge is -2.30. The summed E-state index contributed by atoms with van der Waals surface area (Å²) < 4.78 is 0. The average molecular weight is 384 g/mol. The maximum absolute atomic E-state index is 12.9. The van der Waals surface area contributed by atoms with Crippen LogP contribution >= 0.6 is 0 Å². The van der Waals surface area contributed by atoms with E-state index in [9.17, 15) is 14.4 Å². The molecule has 0 aromatic heterocycles. The third-order valence-corrected chi connectivity index (χ3v) is 6.38. The van der Waals surface area contributed by atoms with Crippen LogP contribution in [0.15, 0.2) is 18.2 Å². The molecule has 2 fully saturated rings. The van der Waals surface area contributed by atoms with Gasteiger partial charge in [-0.25, -0.2) is 0 Å². The van der Waals surface area contributed by atoms with Crippen LogP contribution < -0.4 is 16.4 Å². The van der Waals surface area contributed by atoms with Crippen molar-refractivity contribution in [1.29, 1.82) is 0 Å². The molecule has 4 rings (SSSR count). The molecular formula is C21H28N4O3. The number of hydrogen-bond acceptors (Lipinski definition) is 5. The van der Waals surface area contributed by atoms with E-state index in [4.69, 9.17) is 5.73 Å². The number of nitrogens with one attached hydrogen (secondary N) is 2. The Kier molecular flexibility index (Phi) is 5.46. The van der Waals surface area contributed by atoms with Gasteiger partial charge in [0.05, 0.1) is 0 Å². The molecule has 3 unspecified atom stereocenters. The van der Waals surface area contributed by atoms with E-state index in [1.54, 1.807) is 4.90 Å². The van der Waals surface area contributed by atoms with Gasteiger partial charge in [0.25, 0.3) is 5.91 Å². The second-order valence-electron chi connectivity index (χ2n) is 8.19. The highest BCUT2D eigenvalue weighted by molar-refractivity contribution is 6.05. The molecule has 1 saturated carbocycles. The molecule has 2 aliphatic heterocycles. The lowest BCUT2D eigenvalue weighted by Crippen LogP contribution is -2.52. The molecule has 150 valence electrons. The van der Waals surface area contributed by atoms with Crippen molar-refractivity contribution in [2.24, 2.45) is 11.7 Å². The lowest BCUT2D eigenvalue weighted by molar-refractivity contribution is -0.136. The predicted molar refractivity (Wildman–Crippen MR) is 104 cm³/mol. The molecule has 3 amide bonds. The van der Waals surface area contributed by atoms with Crippen molar-refractivity contribution in [1.82, 2.24) is 15.5 Å². The van der Waals surface area contributed by atoms with Crippen LogP contribution in [-0.2, 0) is 22.7 Å². The molecule has 0 radical (unpaired) electrons. The van der Waals surface area contributed by atoms with Crippen LogP contribution in [0.1, 0.15) is 60.0 Å². The summed E-state index contributed by atoms with van der Waals surface area (Å²) in [6, 6.07) is 5.68. The van der Waals surface area contributed by atoms with E-state index in [2.05, 4.69) is 16.7 Å². The average Bonchev–Trinajstić information content (AvgIpc) is 3.04. The third-order valence-electron chi connectivity index (χ3n) is 6.38. The Morgan fingerprint density at radius 3 is 2.82 bits per heavy atom. The number of piperidine rings is 1. The summed E-state index contributed by atoms with van der Waals surface area (Å²) in [7, 11) is 0. The van der Waals surface area contributed by atoms with Gasteiger partial charge in [-0.3, -0.25) is 19.7 Å². The Bertz CT molecular complexity index is 794. The maximum atomic E-state index is 12.9. The molecule has 2 heterocycles. The minimum absolute atomic E-state index is 0.118. The highest BCUT2D eigenvalue weighted by atomic mass is 16.2. The number of fused-ring (bicyclic) bond motifs is 1. The monoisotopic (exact) mass is 384 g/mol. The first kappa shape index (κ1) is 19.1. The van der Waals surface area contributed by atoms with Crippen molar-refractivity contribution >= 4 is 17.7 Å². The van der Waals surface area contributed by atoms with Gasteiger partial charge in [-0.05, 0) is 55.3 Å². The number of amides is 3. The van der Waals surface area contributed by atoms with Gasteiger partial charge in [0.15, 0.2) is 0 Å². The molecular weight excluding hydrogens is 356 g/mol. The molecule has 1 saturated heterocycles. The Morgan fingerprint density at radius 2 is 2.04 bits per heavy atom. The Hall–Kier alpha value is -2.25. The van der Waals surface area contributed by atoms with E-state index < -0.39 is 6.04 Å². The summed E-state index contributed by atoms with van der Waals surface area (Å²) >= 11 is 0. The Balaban J connectivity index is 1.45. The number of rotatable bonds is 5. The standard InChI is InChI=1S/C21H28N4O3/c22-10-13-3-1-5-15(9-13)23-11-14-4-2-6-16-17(14)12-25(21(16)28)18-7-8-19(26)24-20(18)27/h2,4,6,13,15,18,23H,1,3,5,7-12,22H2,(H,24,26,27). The van der Waals surface area contributed by atoms with E-state index in [0.717, 1.165) is 30.5 Å². The normalized spacial score (nSPS) is 27.7. The highest BCUT2D eigenvalue weighted by Crippen LogP contribution is 2.30. The first-order valence-corrected chi connectivity index (χ1v) is 10.3. The Labute approximate surface area is 165 Å². The van der Waals surface area contributed by atoms with Crippen LogP contribution in [0.5, 0.6) is 0 Å². The minimum Gasteiger partial charge on any atom is -0.330 e. The van der Waals surface area contributed by atoms with Crippen LogP contribution in [0, 0.1) is 5.92 Å². The van der Waals surface area contributed by atoms with Gasteiger partial charge in [-0.2, -0.15) is 0 Å². The van der Waals surface area contributed by atoms with Gasteiger partial charge in [0, 0.05) is 31.1 Å². The molecule has 3 atom stereocenters. The summed E-state index contributed by atoms with van der Waals surface area (Å²) in [5.74, 6) is -0.157. The molecule has 0 bridgehead atoms. The highest BCUT2D eigenvalue weighted by Gasteiger charge is 2.39. The second kappa shape index (κ2) is 8.01. The fourth-order valence-electron chi connectivity index (χ4n) is 4.76. The number of nitrogens with zero attached hydrogens (tertiary/aromatic N) is 1. The van der Waals surface area contributed by atoms with Gasteiger partial charge >= 0.3 is 0 Å². The van der Waals surface area contributed by atoms with Crippen molar-refractivity contribution in [3.05, 3.63) is 34.9 Å². The number of benzene rings is 1. The maximum Gasteiger partial charge on any atom is 0.255 e. The van der Waals surface area contributed by atoms with E-state index in [0.29, 0.717) is 37.0 Å². The van der Waals surface area contributed by atoms with Crippen molar-refractivity contribution in [2.45, 2.75) is 63.7 Å². The fraction of sp³-hybridized carbons (Fsp3) is 0.571. The van der Waals surface area contributed by atoms with Crippen molar-refractivity contribution in [2.75, 3.05) is 6.54 Å². The number of nitrogens with two attached hydrogens (primary N) is 1. The molecule has 1 aromatic carbocycles. The van der Waals surface area contributed by atoms with Gasteiger partial charge in [-0.1, -0.05) is 18.6 Å². The van der Waals surface area contributed by atoms with Crippen LogP contribution in [0.25, 0.3) is 0 Å². The van der Waals surface area contributed by atoms with Crippen LogP contribution in [0.4, 0.5) is 0 Å². The van der Waals surface area contributed by atoms with E-state index in [1.165, 1.54) is 12.8 Å². The summed E-state index contributed by atoms with van der Waals surface area (Å²) in [5, 5.41) is 6.00. The zero-order valence-electron chi connectivity index (χ0n) is 16.1. The fourth-order valence-corrected chi connectivity index (χ4v) is 4.76. The lowest BCUT2D eigenvalue weighted by atomic mass is 9.85. The Morgan fingerprint density at radius 1 is 1.18 bits per heavy atom. The molecule has 1 aromatic rings. The molecule has 3 aliphatic rings. The largest absolute Gasteiger partial charge is 0.330 e. The number of imide groups is 1. The minimum atomic E-state index is -0.568. The van der Waals surface area contributed by atoms with E-state index >= 15 is 0 Å². The number of carbonyl (C=O) groups excluding carboxylic acids is 3. The van der Waals surface area contributed by atoms with E-state index in [-0.39, 0.29) is 24.1 Å². The topological polar surface area (TPSA) is 105 Å². The molecule has 0 spiro atoms. The van der Waals surface area contributed by atoms with Crippen molar-refractivity contribution in [3.63, 3.8) is 0 Å². The van der Waals surface area contributed by atoms with Crippen LogP contribution in [0.3, 0.4) is 0 Å². The number of hydrogen-bond donors (Lipinski definition) is 3. The first-order valence-electron chi connectivity index (χ1n) is 10.3. The SMILES string of the molecule is NCC1CCCC(NCc2cccc3c2CN(C2CCC(=O)NC2=O)C3=O)C1.